The first kappa shape index (κ1) is 13.7. The minimum absolute atomic E-state index is 0.0242. The van der Waals surface area contributed by atoms with Crippen molar-refractivity contribution < 1.29 is 14.3 Å². The van der Waals surface area contributed by atoms with Crippen molar-refractivity contribution in [3.63, 3.8) is 0 Å². The molecule has 2 fully saturated rings. The van der Waals surface area contributed by atoms with Gasteiger partial charge in [-0.15, -0.1) is 0 Å². The fourth-order valence-corrected chi connectivity index (χ4v) is 3.39. The lowest BCUT2D eigenvalue weighted by atomic mass is 9.90. The molecule has 1 amide bonds. The van der Waals surface area contributed by atoms with E-state index in [1.54, 1.807) is 18.2 Å². The summed E-state index contributed by atoms with van der Waals surface area (Å²) in [5, 5.41) is 2.91. The SMILES string of the molecule is COC(=O)c1cccc(N)c1N1CCCC2C(=O)NCC21. The van der Waals surface area contributed by atoms with Gasteiger partial charge >= 0.3 is 5.97 Å². The van der Waals surface area contributed by atoms with Crippen LogP contribution in [0.25, 0.3) is 0 Å². The van der Waals surface area contributed by atoms with Gasteiger partial charge in [-0.3, -0.25) is 4.79 Å². The third kappa shape index (κ3) is 2.20. The number of nitrogens with one attached hydrogen (secondary N) is 1. The molecule has 0 bridgehead atoms. The Kier molecular flexibility index (Phi) is 3.45. The number of nitrogen functional groups attached to an aromatic ring is 1. The molecule has 0 aromatic heterocycles. The Bertz CT molecular complexity index is 588. The molecule has 1 aromatic rings. The Hall–Kier alpha value is -2.24. The van der Waals surface area contributed by atoms with Crippen molar-refractivity contribution in [3.05, 3.63) is 23.8 Å². The first-order valence-electron chi connectivity index (χ1n) is 7.14. The lowest BCUT2D eigenvalue weighted by Gasteiger charge is -2.39. The molecule has 21 heavy (non-hydrogen) atoms. The second kappa shape index (κ2) is 5.27. The lowest BCUT2D eigenvalue weighted by molar-refractivity contribution is -0.122. The molecule has 1 aromatic carbocycles. The molecule has 3 N–H and O–H groups in total. The van der Waals surface area contributed by atoms with Crippen LogP contribution in [-0.4, -0.2) is 38.1 Å². The van der Waals surface area contributed by atoms with Gasteiger partial charge in [0.15, 0.2) is 0 Å². The van der Waals surface area contributed by atoms with Crippen LogP contribution in [0.4, 0.5) is 11.4 Å². The monoisotopic (exact) mass is 289 g/mol. The minimum atomic E-state index is -0.406. The molecule has 2 unspecified atom stereocenters. The molecule has 112 valence electrons. The van der Waals surface area contributed by atoms with Gasteiger partial charge in [0, 0.05) is 13.1 Å². The van der Waals surface area contributed by atoms with Crippen molar-refractivity contribution in [2.45, 2.75) is 18.9 Å². The number of piperidine rings is 1. The number of carbonyl (C=O) groups excluding carboxylic acids is 2. The van der Waals surface area contributed by atoms with Gasteiger partial charge in [-0.05, 0) is 25.0 Å². The summed E-state index contributed by atoms with van der Waals surface area (Å²) in [7, 11) is 1.36. The van der Waals surface area contributed by atoms with Gasteiger partial charge in [0.25, 0.3) is 0 Å². The summed E-state index contributed by atoms with van der Waals surface area (Å²) in [4.78, 5) is 26.0. The highest BCUT2D eigenvalue weighted by molar-refractivity contribution is 5.99. The molecule has 2 saturated heterocycles. The average Bonchev–Trinajstić information content (AvgIpc) is 2.88. The van der Waals surface area contributed by atoms with E-state index in [0.717, 1.165) is 19.4 Å². The second-order valence-corrected chi connectivity index (χ2v) is 5.49. The molecule has 0 spiro atoms. The smallest absolute Gasteiger partial charge is 0.340 e. The molecular formula is C15H19N3O3. The van der Waals surface area contributed by atoms with E-state index in [2.05, 4.69) is 10.2 Å². The Morgan fingerprint density at radius 2 is 2.29 bits per heavy atom. The van der Waals surface area contributed by atoms with Gasteiger partial charge in [-0.1, -0.05) is 6.07 Å². The zero-order valence-electron chi connectivity index (χ0n) is 12.0. The van der Waals surface area contributed by atoms with Gasteiger partial charge in [-0.2, -0.15) is 0 Å². The van der Waals surface area contributed by atoms with E-state index in [0.29, 0.717) is 23.5 Å². The third-order valence-electron chi connectivity index (χ3n) is 4.36. The molecule has 3 rings (SSSR count). The number of esters is 1. The van der Waals surface area contributed by atoms with Crippen LogP contribution in [0.2, 0.25) is 0 Å². The van der Waals surface area contributed by atoms with E-state index in [1.165, 1.54) is 7.11 Å². The number of fused-ring (bicyclic) bond motifs is 1. The van der Waals surface area contributed by atoms with E-state index in [-0.39, 0.29) is 17.9 Å². The summed E-state index contributed by atoms with van der Waals surface area (Å²) in [6, 6.07) is 5.28. The van der Waals surface area contributed by atoms with Crippen molar-refractivity contribution >= 4 is 23.3 Å². The maximum Gasteiger partial charge on any atom is 0.340 e. The summed E-state index contributed by atoms with van der Waals surface area (Å²) >= 11 is 0. The first-order chi connectivity index (χ1) is 10.1. The fraction of sp³-hybridized carbons (Fsp3) is 0.467. The van der Waals surface area contributed by atoms with Crippen molar-refractivity contribution in [1.82, 2.24) is 5.32 Å². The summed E-state index contributed by atoms with van der Waals surface area (Å²) < 4.78 is 4.85. The molecule has 0 aliphatic carbocycles. The number of ether oxygens (including phenoxy) is 1. The van der Waals surface area contributed by atoms with Crippen LogP contribution in [0, 0.1) is 5.92 Å². The highest BCUT2D eigenvalue weighted by Crippen LogP contribution is 2.37. The van der Waals surface area contributed by atoms with Crippen molar-refractivity contribution in [2.24, 2.45) is 5.92 Å². The predicted molar refractivity (Wildman–Crippen MR) is 79.1 cm³/mol. The topological polar surface area (TPSA) is 84.7 Å². The Labute approximate surface area is 123 Å². The highest BCUT2D eigenvalue weighted by Gasteiger charge is 2.42. The fourth-order valence-electron chi connectivity index (χ4n) is 3.39. The molecule has 0 radical (unpaired) electrons. The number of rotatable bonds is 2. The summed E-state index contributed by atoms with van der Waals surface area (Å²) in [5.74, 6) is -0.334. The van der Waals surface area contributed by atoms with Crippen molar-refractivity contribution in [1.29, 1.82) is 0 Å². The molecular weight excluding hydrogens is 270 g/mol. The number of nitrogens with zero attached hydrogens (tertiary/aromatic N) is 1. The third-order valence-corrected chi connectivity index (χ3v) is 4.36. The summed E-state index contributed by atoms with van der Waals surface area (Å²) in [6.07, 6.45) is 1.79. The second-order valence-electron chi connectivity index (χ2n) is 5.49. The number of para-hydroxylation sites is 1. The number of nitrogens with two attached hydrogens (primary N) is 1. The maximum atomic E-state index is 12.0. The summed E-state index contributed by atoms with van der Waals surface area (Å²) in [5.41, 5.74) is 7.79. The Morgan fingerprint density at radius 3 is 3.05 bits per heavy atom. The molecule has 2 aliphatic rings. The number of hydrogen-bond acceptors (Lipinski definition) is 5. The van der Waals surface area contributed by atoms with Gasteiger partial charge in [-0.25, -0.2) is 4.79 Å². The average molecular weight is 289 g/mol. The molecule has 2 aliphatic heterocycles. The largest absolute Gasteiger partial charge is 0.465 e. The number of methoxy groups -OCH3 is 1. The summed E-state index contributed by atoms with van der Waals surface area (Å²) in [6.45, 7) is 1.38. The number of benzene rings is 1. The van der Waals surface area contributed by atoms with Crippen LogP contribution in [0.15, 0.2) is 18.2 Å². The quantitative estimate of drug-likeness (QED) is 0.620. The van der Waals surface area contributed by atoms with Gasteiger partial charge < -0.3 is 20.7 Å². The number of carbonyl (C=O) groups is 2. The molecule has 6 heteroatoms. The Balaban J connectivity index is 2.03. The predicted octanol–water partition coefficient (Wildman–Crippen LogP) is 0.770. The van der Waals surface area contributed by atoms with Crippen LogP contribution >= 0.6 is 0 Å². The highest BCUT2D eigenvalue weighted by atomic mass is 16.5. The maximum absolute atomic E-state index is 12.0. The molecule has 2 heterocycles. The molecule has 6 nitrogen and oxygen atoms in total. The van der Waals surface area contributed by atoms with E-state index >= 15 is 0 Å². The molecule has 2 atom stereocenters. The first-order valence-corrected chi connectivity index (χ1v) is 7.14. The van der Waals surface area contributed by atoms with E-state index in [4.69, 9.17) is 10.5 Å². The standard InChI is InChI=1S/C15H19N3O3/c1-21-15(20)10-4-2-6-11(16)13(10)18-7-3-5-9-12(18)8-17-14(9)19/h2,4,6,9,12H,3,5,7-8,16H2,1H3,(H,17,19). The normalized spacial score (nSPS) is 24.4. The number of amides is 1. The van der Waals surface area contributed by atoms with Gasteiger partial charge in [0.05, 0.1) is 36.0 Å². The lowest BCUT2D eigenvalue weighted by Crippen LogP contribution is -2.46. The zero-order valence-corrected chi connectivity index (χ0v) is 12.0. The van der Waals surface area contributed by atoms with E-state index in [1.807, 2.05) is 0 Å². The molecule has 0 saturated carbocycles. The minimum Gasteiger partial charge on any atom is -0.465 e. The van der Waals surface area contributed by atoms with Gasteiger partial charge in [0.2, 0.25) is 5.91 Å². The van der Waals surface area contributed by atoms with Crippen LogP contribution in [0.5, 0.6) is 0 Å². The zero-order chi connectivity index (χ0) is 15.0. The van der Waals surface area contributed by atoms with Crippen LogP contribution in [0.1, 0.15) is 23.2 Å². The van der Waals surface area contributed by atoms with E-state index < -0.39 is 5.97 Å². The van der Waals surface area contributed by atoms with Crippen LogP contribution in [0.3, 0.4) is 0 Å². The van der Waals surface area contributed by atoms with Crippen LogP contribution in [-0.2, 0) is 9.53 Å². The number of hydrogen-bond donors (Lipinski definition) is 2. The van der Waals surface area contributed by atoms with E-state index in [9.17, 15) is 9.59 Å². The van der Waals surface area contributed by atoms with Gasteiger partial charge in [0.1, 0.15) is 0 Å². The Morgan fingerprint density at radius 1 is 1.48 bits per heavy atom. The number of anilines is 2. The van der Waals surface area contributed by atoms with Crippen molar-refractivity contribution in [3.8, 4) is 0 Å². The van der Waals surface area contributed by atoms with Crippen molar-refractivity contribution in [2.75, 3.05) is 30.8 Å². The van der Waals surface area contributed by atoms with Crippen LogP contribution < -0.4 is 16.0 Å².